The quantitative estimate of drug-likeness (QED) is 0.816. The molecule has 5 nitrogen and oxygen atoms in total. The molecule has 0 radical (unpaired) electrons. The molecule has 5 heteroatoms. The summed E-state index contributed by atoms with van der Waals surface area (Å²) in [6.07, 6.45) is 3.58. The Labute approximate surface area is 143 Å². The van der Waals surface area contributed by atoms with Gasteiger partial charge in [-0.25, -0.2) is 0 Å². The molecule has 0 amide bonds. The molecule has 0 bridgehead atoms. The standard InChI is InChI=1S/C19H25N3O2/c1-23-18-5-3-4-16(13-18)12-15-8-10-22(11-9-15)14-17-6-7-19(24-2)21-20-17/h3-7,13,15H,8-12,14H2,1-2H3. The Balaban J connectivity index is 1.48. The molecule has 128 valence electrons. The number of aromatic nitrogens is 2. The van der Waals surface area contributed by atoms with E-state index in [1.807, 2.05) is 18.2 Å². The van der Waals surface area contributed by atoms with Gasteiger partial charge in [0, 0.05) is 12.6 Å². The summed E-state index contributed by atoms with van der Waals surface area (Å²) in [5.41, 5.74) is 2.37. The number of methoxy groups -OCH3 is 2. The molecule has 1 aliphatic heterocycles. The van der Waals surface area contributed by atoms with Gasteiger partial charge in [0.05, 0.1) is 19.9 Å². The highest BCUT2D eigenvalue weighted by Crippen LogP contribution is 2.24. The van der Waals surface area contributed by atoms with E-state index in [4.69, 9.17) is 9.47 Å². The van der Waals surface area contributed by atoms with Crippen molar-refractivity contribution in [3.63, 3.8) is 0 Å². The van der Waals surface area contributed by atoms with Gasteiger partial charge in [-0.1, -0.05) is 12.1 Å². The van der Waals surface area contributed by atoms with Gasteiger partial charge in [0.25, 0.3) is 0 Å². The number of hydrogen-bond donors (Lipinski definition) is 0. The zero-order valence-electron chi connectivity index (χ0n) is 14.4. The lowest BCUT2D eigenvalue weighted by Crippen LogP contribution is -2.34. The number of piperidine rings is 1. The van der Waals surface area contributed by atoms with Crippen LogP contribution in [0.5, 0.6) is 11.6 Å². The van der Waals surface area contributed by atoms with Gasteiger partial charge in [0.1, 0.15) is 5.75 Å². The summed E-state index contributed by atoms with van der Waals surface area (Å²) in [4.78, 5) is 2.46. The van der Waals surface area contributed by atoms with Crippen molar-refractivity contribution in [1.82, 2.24) is 15.1 Å². The van der Waals surface area contributed by atoms with Crippen LogP contribution in [0.2, 0.25) is 0 Å². The first-order valence-electron chi connectivity index (χ1n) is 8.48. The fourth-order valence-corrected chi connectivity index (χ4v) is 3.25. The Bertz CT molecular complexity index is 637. The molecule has 1 aliphatic rings. The summed E-state index contributed by atoms with van der Waals surface area (Å²) in [5.74, 6) is 2.26. The number of ether oxygens (including phenoxy) is 2. The third-order valence-corrected chi connectivity index (χ3v) is 4.66. The van der Waals surface area contributed by atoms with Crippen molar-refractivity contribution in [1.29, 1.82) is 0 Å². The molecule has 24 heavy (non-hydrogen) atoms. The lowest BCUT2D eigenvalue weighted by Gasteiger charge is -2.31. The van der Waals surface area contributed by atoms with E-state index in [2.05, 4.69) is 33.3 Å². The van der Waals surface area contributed by atoms with Gasteiger partial charge in [-0.3, -0.25) is 4.90 Å². The number of likely N-dealkylation sites (tertiary alicyclic amines) is 1. The third kappa shape index (κ3) is 4.45. The van der Waals surface area contributed by atoms with Gasteiger partial charge in [-0.05, 0) is 62.0 Å². The van der Waals surface area contributed by atoms with Crippen LogP contribution in [0.3, 0.4) is 0 Å². The maximum atomic E-state index is 5.31. The third-order valence-electron chi connectivity index (χ3n) is 4.66. The number of hydrogen-bond acceptors (Lipinski definition) is 5. The predicted molar refractivity (Wildman–Crippen MR) is 93.3 cm³/mol. The second-order valence-electron chi connectivity index (χ2n) is 6.34. The van der Waals surface area contributed by atoms with Crippen LogP contribution in [-0.2, 0) is 13.0 Å². The Morgan fingerprint density at radius 2 is 1.88 bits per heavy atom. The average Bonchev–Trinajstić information content (AvgIpc) is 2.64. The predicted octanol–water partition coefficient (Wildman–Crippen LogP) is 2.95. The summed E-state index contributed by atoms with van der Waals surface area (Å²) < 4.78 is 10.4. The topological polar surface area (TPSA) is 47.5 Å². The summed E-state index contributed by atoms with van der Waals surface area (Å²) in [5, 5.41) is 8.26. The van der Waals surface area contributed by atoms with E-state index in [0.717, 1.165) is 43.4 Å². The van der Waals surface area contributed by atoms with Gasteiger partial charge in [-0.2, -0.15) is 5.10 Å². The van der Waals surface area contributed by atoms with Crippen molar-refractivity contribution in [3.8, 4) is 11.6 Å². The van der Waals surface area contributed by atoms with Gasteiger partial charge in [0.2, 0.25) is 5.88 Å². The molecule has 1 aromatic heterocycles. The smallest absolute Gasteiger partial charge is 0.233 e. The van der Waals surface area contributed by atoms with Crippen LogP contribution < -0.4 is 9.47 Å². The average molecular weight is 327 g/mol. The van der Waals surface area contributed by atoms with Crippen molar-refractivity contribution < 1.29 is 9.47 Å². The molecule has 0 spiro atoms. The Morgan fingerprint density at radius 1 is 1.04 bits per heavy atom. The second-order valence-corrected chi connectivity index (χ2v) is 6.34. The minimum Gasteiger partial charge on any atom is -0.497 e. The molecular formula is C19H25N3O2. The van der Waals surface area contributed by atoms with Gasteiger partial charge in [0.15, 0.2) is 0 Å². The van der Waals surface area contributed by atoms with E-state index >= 15 is 0 Å². The fraction of sp³-hybridized carbons (Fsp3) is 0.474. The zero-order chi connectivity index (χ0) is 16.8. The summed E-state index contributed by atoms with van der Waals surface area (Å²) in [6, 6.07) is 12.3. The molecule has 1 saturated heterocycles. The first kappa shape index (κ1) is 16.7. The minimum atomic E-state index is 0.566. The van der Waals surface area contributed by atoms with Gasteiger partial charge < -0.3 is 9.47 Å². The summed E-state index contributed by atoms with van der Waals surface area (Å²) in [7, 11) is 3.33. The molecule has 3 rings (SSSR count). The number of nitrogens with zero attached hydrogens (tertiary/aromatic N) is 3. The SMILES string of the molecule is COc1cccc(CC2CCN(Cc3ccc(OC)nn3)CC2)c1. The van der Waals surface area contributed by atoms with Crippen LogP contribution in [0.25, 0.3) is 0 Å². The number of rotatable bonds is 6. The molecular weight excluding hydrogens is 302 g/mol. The lowest BCUT2D eigenvalue weighted by molar-refractivity contribution is 0.174. The lowest BCUT2D eigenvalue weighted by atomic mass is 9.90. The van der Waals surface area contributed by atoms with E-state index in [1.54, 1.807) is 14.2 Å². The maximum absolute atomic E-state index is 5.31. The molecule has 0 saturated carbocycles. The monoisotopic (exact) mass is 327 g/mol. The van der Waals surface area contributed by atoms with E-state index in [9.17, 15) is 0 Å². The largest absolute Gasteiger partial charge is 0.497 e. The Morgan fingerprint density at radius 3 is 2.54 bits per heavy atom. The molecule has 0 aliphatic carbocycles. The summed E-state index contributed by atoms with van der Waals surface area (Å²) >= 11 is 0. The highest BCUT2D eigenvalue weighted by Gasteiger charge is 2.20. The van der Waals surface area contributed by atoms with E-state index in [0.29, 0.717) is 5.88 Å². The summed E-state index contributed by atoms with van der Waals surface area (Å²) in [6.45, 7) is 3.09. The maximum Gasteiger partial charge on any atom is 0.233 e. The Kier molecular flexibility index (Phi) is 5.64. The van der Waals surface area contributed by atoms with Crippen LogP contribution in [0.1, 0.15) is 24.1 Å². The molecule has 2 aromatic rings. The molecule has 1 aromatic carbocycles. The highest BCUT2D eigenvalue weighted by molar-refractivity contribution is 5.28. The van der Waals surface area contributed by atoms with Gasteiger partial charge in [-0.15, -0.1) is 5.10 Å². The van der Waals surface area contributed by atoms with Crippen LogP contribution in [0.15, 0.2) is 36.4 Å². The van der Waals surface area contributed by atoms with Crippen LogP contribution in [0, 0.1) is 5.92 Å². The molecule has 0 unspecified atom stereocenters. The van der Waals surface area contributed by atoms with E-state index < -0.39 is 0 Å². The molecule has 0 atom stereocenters. The van der Waals surface area contributed by atoms with Crippen LogP contribution in [0.4, 0.5) is 0 Å². The first-order chi connectivity index (χ1) is 11.8. The van der Waals surface area contributed by atoms with Crippen molar-refractivity contribution in [3.05, 3.63) is 47.7 Å². The van der Waals surface area contributed by atoms with Crippen molar-refractivity contribution >= 4 is 0 Å². The van der Waals surface area contributed by atoms with Crippen LogP contribution >= 0.6 is 0 Å². The molecule has 0 N–H and O–H groups in total. The second kappa shape index (κ2) is 8.11. The van der Waals surface area contributed by atoms with Crippen molar-refractivity contribution in [2.75, 3.05) is 27.3 Å². The van der Waals surface area contributed by atoms with Crippen molar-refractivity contribution in [2.24, 2.45) is 5.92 Å². The fourth-order valence-electron chi connectivity index (χ4n) is 3.25. The molecule has 1 fully saturated rings. The van der Waals surface area contributed by atoms with Gasteiger partial charge >= 0.3 is 0 Å². The van der Waals surface area contributed by atoms with Crippen molar-refractivity contribution in [2.45, 2.75) is 25.8 Å². The Hall–Kier alpha value is -2.14. The molecule has 2 heterocycles. The minimum absolute atomic E-state index is 0.566. The van der Waals surface area contributed by atoms with E-state index in [-0.39, 0.29) is 0 Å². The first-order valence-corrected chi connectivity index (χ1v) is 8.48. The zero-order valence-corrected chi connectivity index (χ0v) is 14.4. The van der Waals surface area contributed by atoms with Crippen LogP contribution in [-0.4, -0.2) is 42.4 Å². The normalized spacial score (nSPS) is 16.1. The van der Waals surface area contributed by atoms with E-state index in [1.165, 1.54) is 18.4 Å². The number of benzene rings is 1. The highest BCUT2D eigenvalue weighted by atomic mass is 16.5.